The van der Waals surface area contributed by atoms with Gasteiger partial charge in [-0.2, -0.15) is 0 Å². The van der Waals surface area contributed by atoms with Crippen molar-refractivity contribution in [2.75, 3.05) is 19.5 Å². The van der Waals surface area contributed by atoms with Crippen LogP contribution in [-0.2, 0) is 0 Å². The van der Waals surface area contributed by atoms with E-state index >= 15 is 0 Å². The smallest absolute Gasteiger partial charge is 0.545 e. The van der Waals surface area contributed by atoms with Crippen molar-refractivity contribution in [3.05, 3.63) is 110 Å². The molecule has 2 N–H and O–H groups in total. The molecule has 4 aromatic carbocycles. The van der Waals surface area contributed by atoms with Gasteiger partial charge in [0.05, 0.1) is 46.9 Å². The predicted octanol–water partition coefficient (Wildman–Crippen LogP) is 3.60. The number of carbonyl (C=O) groups is 1. The second-order valence-electron chi connectivity index (χ2n) is 8.71. The van der Waals surface area contributed by atoms with Crippen molar-refractivity contribution in [1.29, 1.82) is 0 Å². The monoisotopic (exact) mass is 615 g/mol. The van der Waals surface area contributed by atoms with Crippen LogP contribution in [0.1, 0.15) is 15.9 Å². The number of rotatable bonds is 6. The fourth-order valence-corrected chi connectivity index (χ4v) is 4.47. The molecule has 1 aromatic heterocycles. The molecule has 8 nitrogen and oxygen atoms in total. The molecule has 0 unspecified atom stereocenters. The van der Waals surface area contributed by atoms with Crippen molar-refractivity contribution < 1.29 is 58.5 Å². The maximum Gasteiger partial charge on any atom is 1.00 e. The Labute approximate surface area is 273 Å². The number of halogens is 2. The molecular formula is C31H24Cl2NNaO7. The number of hydrogen-bond acceptors (Lipinski definition) is 8. The van der Waals surface area contributed by atoms with Crippen LogP contribution in [0.4, 0.5) is 11.4 Å². The molecule has 210 valence electrons. The average molecular weight is 616 g/mol. The largest absolute Gasteiger partial charge is 1.00 e. The van der Waals surface area contributed by atoms with Crippen LogP contribution in [-0.4, -0.2) is 25.3 Å². The number of phenols is 1. The number of fused-ring (bicyclic) bond motifs is 1. The Morgan fingerprint density at radius 2 is 1.64 bits per heavy atom. The second-order valence-corrected chi connectivity index (χ2v) is 9.50. The van der Waals surface area contributed by atoms with E-state index in [2.05, 4.69) is 5.32 Å². The van der Waals surface area contributed by atoms with E-state index in [9.17, 15) is 19.8 Å². The molecule has 42 heavy (non-hydrogen) atoms. The fourth-order valence-electron chi connectivity index (χ4n) is 4.01. The maximum atomic E-state index is 12.6. The number of nitrogens with one attached hydrogen (secondary N) is 1. The number of phenolic OH excluding ortho intramolecular Hbond substituents is 1. The summed E-state index contributed by atoms with van der Waals surface area (Å²) in [6.07, 6.45) is 1.37. The molecule has 0 radical (unpaired) electrons. The number of carboxylic acids is 1. The molecule has 0 saturated carbocycles. The van der Waals surface area contributed by atoms with E-state index in [1.807, 2.05) is 6.92 Å². The molecule has 0 aliphatic carbocycles. The number of carboxylic acid groups (broad SMARTS) is 1. The van der Waals surface area contributed by atoms with E-state index in [4.69, 9.17) is 37.1 Å². The molecule has 5 aromatic rings. The molecule has 0 spiro atoms. The summed E-state index contributed by atoms with van der Waals surface area (Å²) >= 11 is 12.2. The Balaban J connectivity index is 0.000000228. The summed E-state index contributed by atoms with van der Waals surface area (Å²) in [5, 5.41) is 24.9. The van der Waals surface area contributed by atoms with Crippen molar-refractivity contribution in [1.82, 2.24) is 0 Å². The van der Waals surface area contributed by atoms with E-state index in [0.717, 1.165) is 11.1 Å². The zero-order valence-corrected chi connectivity index (χ0v) is 26.7. The van der Waals surface area contributed by atoms with Gasteiger partial charge in [0, 0.05) is 11.3 Å². The Morgan fingerprint density at radius 1 is 0.952 bits per heavy atom. The van der Waals surface area contributed by atoms with Gasteiger partial charge in [-0.3, -0.25) is 4.79 Å². The van der Waals surface area contributed by atoms with Crippen molar-refractivity contribution in [2.24, 2.45) is 0 Å². The van der Waals surface area contributed by atoms with E-state index in [1.54, 1.807) is 61.7 Å². The molecule has 0 saturated heterocycles. The van der Waals surface area contributed by atoms with Crippen LogP contribution >= 0.6 is 23.2 Å². The Morgan fingerprint density at radius 3 is 2.29 bits per heavy atom. The van der Waals surface area contributed by atoms with Gasteiger partial charge in [0.25, 0.3) is 0 Å². The molecule has 1 heterocycles. The third-order valence-electron chi connectivity index (χ3n) is 6.17. The molecule has 0 aliphatic rings. The minimum atomic E-state index is -1.26. The Hall–Kier alpha value is -3.66. The second kappa shape index (κ2) is 14.5. The zero-order chi connectivity index (χ0) is 29.7. The number of benzene rings is 4. The van der Waals surface area contributed by atoms with Gasteiger partial charge in [-0.05, 0) is 54.4 Å². The SMILES string of the molecule is COc1ccc(-c2coc3c(OC)c(O)ccc3c2=O)cc1.Cc1ccc(Cl)c(Nc2ccccc2C(=O)[O-])c1Cl.[Na+]. The molecule has 0 aliphatic heterocycles. The summed E-state index contributed by atoms with van der Waals surface area (Å²) in [6.45, 7) is 1.84. The summed E-state index contributed by atoms with van der Waals surface area (Å²) < 4.78 is 15.7. The van der Waals surface area contributed by atoms with Crippen LogP contribution in [0.2, 0.25) is 10.0 Å². The number of anilines is 2. The van der Waals surface area contributed by atoms with E-state index in [1.165, 1.54) is 31.6 Å². The van der Waals surface area contributed by atoms with Crippen LogP contribution in [0.25, 0.3) is 22.1 Å². The van der Waals surface area contributed by atoms with Gasteiger partial charge in [0.1, 0.15) is 12.0 Å². The van der Waals surface area contributed by atoms with Gasteiger partial charge in [0.15, 0.2) is 11.3 Å². The van der Waals surface area contributed by atoms with Crippen LogP contribution in [0.3, 0.4) is 0 Å². The van der Waals surface area contributed by atoms with E-state index in [0.29, 0.717) is 38.1 Å². The summed E-state index contributed by atoms with van der Waals surface area (Å²) in [5.41, 5.74) is 2.96. The van der Waals surface area contributed by atoms with Crippen molar-refractivity contribution in [3.8, 4) is 28.4 Å². The van der Waals surface area contributed by atoms with Gasteiger partial charge >= 0.3 is 29.6 Å². The molecule has 0 amide bonds. The first-order chi connectivity index (χ1) is 19.7. The number of aryl methyl sites for hydroxylation is 1. The van der Waals surface area contributed by atoms with Crippen molar-refractivity contribution >= 4 is 51.5 Å². The molecule has 0 fully saturated rings. The molecule has 11 heteroatoms. The van der Waals surface area contributed by atoms with E-state index in [-0.39, 0.29) is 57.6 Å². The normalized spacial score (nSPS) is 10.2. The van der Waals surface area contributed by atoms with Gasteiger partial charge in [-0.25, -0.2) is 0 Å². The molecule has 0 bridgehead atoms. The van der Waals surface area contributed by atoms with Gasteiger partial charge in [-0.15, -0.1) is 0 Å². The van der Waals surface area contributed by atoms with Gasteiger partial charge < -0.3 is 34.2 Å². The van der Waals surface area contributed by atoms with Crippen LogP contribution < -0.4 is 54.9 Å². The number of aromatic carboxylic acids is 1. The van der Waals surface area contributed by atoms with E-state index < -0.39 is 5.97 Å². The number of methoxy groups -OCH3 is 2. The summed E-state index contributed by atoms with van der Waals surface area (Å²) in [4.78, 5) is 23.7. The number of para-hydroxylation sites is 1. The van der Waals surface area contributed by atoms with Crippen LogP contribution in [0.15, 0.2) is 88.3 Å². The minimum absolute atomic E-state index is 0. The quantitative estimate of drug-likeness (QED) is 0.278. The fraction of sp³-hybridized carbons (Fsp3) is 0.0968. The maximum absolute atomic E-state index is 12.6. The van der Waals surface area contributed by atoms with Crippen LogP contribution in [0.5, 0.6) is 17.2 Å². The number of ether oxygens (including phenoxy) is 2. The average Bonchev–Trinajstić information content (AvgIpc) is 2.98. The molecule has 5 rings (SSSR count). The third-order valence-corrected chi connectivity index (χ3v) is 6.97. The Bertz CT molecular complexity index is 1790. The first-order valence-corrected chi connectivity index (χ1v) is 12.9. The number of hydrogen-bond donors (Lipinski definition) is 2. The first kappa shape index (κ1) is 32.8. The summed E-state index contributed by atoms with van der Waals surface area (Å²) in [5.74, 6) is -0.477. The number of aromatic hydroxyl groups is 1. The van der Waals surface area contributed by atoms with Crippen molar-refractivity contribution in [3.63, 3.8) is 0 Å². The molecule has 0 atom stereocenters. The summed E-state index contributed by atoms with van der Waals surface area (Å²) in [6, 6.07) is 20.0. The first-order valence-electron chi connectivity index (χ1n) is 12.1. The molecular weight excluding hydrogens is 592 g/mol. The van der Waals surface area contributed by atoms with Crippen LogP contribution in [0, 0.1) is 6.92 Å². The standard InChI is InChI=1S/C17H14O5.C14H11Cl2NO2.Na/c1-20-11-5-3-10(4-6-11)13-9-22-16-12(15(13)19)7-8-14(18)17(16)21-2;1-8-6-7-10(15)13(12(8)16)17-11-5-3-2-4-9(11)14(18)19;/h3-9,18H,1-2H3;2-7,17H,1H3,(H,18,19);/q;;+1/p-1. The summed E-state index contributed by atoms with van der Waals surface area (Å²) in [7, 11) is 2.99. The number of carbonyl (C=O) groups excluding carboxylic acids is 1. The van der Waals surface area contributed by atoms with Gasteiger partial charge in [-0.1, -0.05) is 59.6 Å². The van der Waals surface area contributed by atoms with Crippen molar-refractivity contribution in [2.45, 2.75) is 6.92 Å². The Kier molecular flexibility index (Phi) is 11.3. The topological polar surface area (TPSA) is 121 Å². The van der Waals surface area contributed by atoms with Gasteiger partial charge in [0.2, 0.25) is 11.2 Å². The predicted molar refractivity (Wildman–Crippen MR) is 158 cm³/mol. The minimum Gasteiger partial charge on any atom is -0.545 e. The zero-order valence-electron chi connectivity index (χ0n) is 23.2. The third kappa shape index (κ3) is 7.03.